The zero-order valence-corrected chi connectivity index (χ0v) is 15.2. The fraction of sp³-hybridized carbons (Fsp3) is 0.562. The van der Waals surface area contributed by atoms with Crippen LogP contribution in [0.5, 0.6) is 5.75 Å². The average molecular weight is 369 g/mol. The average Bonchev–Trinajstić information content (AvgIpc) is 2.64. The van der Waals surface area contributed by atoms with Crippen molar-refractivity contribution < 1.29 is 22.7 Å². The molecule has 1 aromatic rings. The van der Waals surface area contributed by atoms with Crippen LogP contribution in [0.1, 0.15) is 18.0 Å². The summed E-state index contributed by atoms with van der Waals surface area (Å²) in [4.78, 5) is 14.5. The zero-order chi connectivity index (χ0) is 18.0. The van der Waals surface area contributed by atoms with Crippen molar-refractivity contribution in [3.63, 3.8) is 0 Å². The maximum atomic E-state index is 12.9. The molecule has 0 aromatic heterocycles. The Bertz CT molecular complexity index is 733. The number of morpholine rings is 1. The van der Waals surface area contributed by atoms with E-state index in [0.717, 1.165) is 9.87 Å². The molecule has 2 heterocycles. The lowest BCUT2D eigenvalue weighted by Crippen LogP contribution is -2.58. The van der Waals surface area contributed by atoms with E-state index in [-0.39, 0.29) is 5.91 Å². The molecule has 3 rings (SSSR count). The van der Waals surface area contributed by atoms with Crippen molar-refractivity contribution in [1.82, 2.24) is 13.9 Å². The predicted octanol–water partition coefficient (Wildman–Crippen LogP) is 0.134. The highest BCUT2D eigenvalue weighted by Gasteiger charge is 2.42. The van der Waals surface area contributed by atoms with Gasteiger partial charge in [-0.05, 0) is 24.1 Å². The van der Waals surface area contributed by atoms with Crippen molar-refractivity contribution in [1.29, 1.82) is 0 Å². The molecule has 1 N–H and O–H groups in total. The van der Waals surface area contributed by atoms with E-state index in [0.29, 0.717) is 38.5 Å². The molecule has 2 unspecified atom stereocenters. The van der Waals surface area contributed by atoms with Crippen molar-refractivity contribution in [2.45, 2.75) is 18.5 Å². The summed E-state index contributed by atoms with van der Waals surface area (Å²) in [5, 5.41) is 0. The summed E-state index contributed by atoms with van der Waals surface area (Å²) >= 11 is 0. The Hall–Kier alpha value is -1.68. The van der Waals surface area contributed by atoms with Gasteiger partial charge in [-0.2, -0.15) is 17.4 Å². The van der Waals surface area contributed by atoms with Gasteiger partial charge in [-0.15, -0.1) is 0 Å². The van der Waals surface area contributed by atoms with Gasteiger partial charge in [0.15, 0.2) is 0 Å². The maximum Gasteiger partial charge on any atom is 0.280 e. The number of carbonyl (C=O) groups is 1. The van der Waals surface area contributed by atoms with Crippen LogP contribution >= 0.6 is 0 Å². The minimum absolute atomic E-state index is 0.177. The number of amides is 1. The molecule has 0 saturated carbocycles. The van der Waals surface area contributed by atoms with Crippen LogP contribution in [-0.2, 0) is 19.7 Å². The molecule has 0 aliphatic carbocycles. The SMILES string of the molecule is COc1cccc(C2CC(C(=O)N3CCOCC3)N(C)S(=O)(=O)N2)c1. The first-order valence-electron chi connectivity index (χ1n) is 8.18. The summed E-state index contributed by atoms with van der Waals surface area (Å²) in [5.74, 6) is 0.468. The van der Waals surface area contributed by atoms with Gasteiger partial charge < -0.3 is 14.4 Å². The van der Waals surface area contributed by atoms with Crippen molar-refractivity contribution in [3.05, 3.63) is 29.8 Å². The smallest absolute Gasteiger partial charge is 0.280 e. The third-order valence-corrected chi connectivity index (χ3v) is 6.27. The van der Waals surface area contributed by atoms with E-state index in [4.69, 9.17) is 9.47 Å². The van der Waals surface area contributed by atoms with Crippen LogP contribution in [-0.4, -0.2) is 70.0 Å². The van der Waals surface area contributed by atoms with Gasteiger partial charge in [0.2, 0.25) is 5.91 Å². The van der Waals surface area contributed by atoms with Gasteiger partial charge in [0, 0.05) is 20.1 Å². The van der Waals surface area contributed by atoms with Crippen LogP contribution < -0.4 is 9.46 Å². The Labute approximate surface area is 147 Å². The van der Waals surface area contributed by atoms with E-state index in [1.54, 1.807) is 30.2 Å². The first-order valence-corrected chi connectivity index (χ1v) is 9.62. The molecule has 2 aliphatic rings. The number of methoxy groups -OCH3 is 1. The van der Waals surface area contributed by atoms with E-state index in [1.807, 2.05) is 6.07 Å². The second-order valence-electron chi connectivity index (χ2n) is 6.16. The predicted molar refractivity (Wildman–Crippen MR) is 91.4 cm³/mol. The molecular formula is C16H23N3O5S. The molecule has 1 aromatic carbocycles. The van der Waals surface area contributed by atoms with Crippen LogP contribution in [0.15, 0.2) is 24.3 Å². The molecule has 0 spiro atoms. The summed E-state index contributed by atoms with van der Waals surface area (Å²) in [7, 11) is -0.752. The Kier molecular flexibility index (Phi) is 5.28. The Morgan fingerprint density at radius 3 is 2.72 bits per heavy atom. The number of hydrogen-bond donors (Lipinski definition) is 1. The third-order valence-electron chi connectivity index (χ3n) is 4.67. The van der Waals surface area contributed by atoms with Gasteiger partial charge in [-0.25, -0.2) is 0 Å². The lowest BCUT2D eigenvalue weighted by Gasteiger charge is -2.39. The van der Waals surface area contributed by atoms with Gasteiger partial charge >= 0.3 is 0 Å². The number of carbonyl (C=O) groups excluding carboxylic acids is 1. The molecule has 25 heavy (non-hydrogen) atoms. The first kappa shape index (κ1) is 18.1. The van der Waals surface area contributed by atoms with Crippen LogP contribution in [0.4, 0.5) is 0 Å². The number of rotatable bonds is 3. The summed E-state index contributed by atoms with van der Waals surface area (Å²) in [6.07, 6.45) is 0.360. The summed E-state index contributed by atoms with van der Waals surface area (Å²) in [6.45, 7) is 1.93. The summed E-state index contributed by atoms with van der Waals surface area (Å²) < 4.78 is 39.3. The van der Waals surface area contributed by atoms with Gasteiger partial charge in [-0.1, -0.05) is 12.1 Å². The number of nitrogens with zero attached hydrogens (tertiary/aromatic N) is 2. The van der Waals surface area contributed by atoms with Crippen LogP contribution in [0, 0.1) is 0 Å². The molecule has 1 amide bonds. The monoisotopic (exact) mass is 369 g/mol. The lowest BCUT2D eigenvalue weighted by molar-refractivity contribution is -0.139. The zero-order valence-electron chi connectivity index (χ0n) is 14.3. The van der Waals surface area contributed by atoms with Gasteiger partial charge in [0.25, 0.3) is 10.2 Å². The van der Waals surface area contributed by atoms with Crippen LogP contribution in [0.2, 0.25) is 0 Å². The first-order chi connectivity index (χ1) is 11.9. The van der Waals surface area contributed by atoms with Gasteiger partial charge in [0.1, 0.15) is 11.8 Å². The van der Waals surface area contributed by atoms with E-state index in [2.05, 4.69) is 4.72 Å². The number of nitrogens with one attached hydrogen (secondary N) is 1. The van der Waals surface area contributed by atoms with E-state index < -0.39 is 22.3 Å². The Balaban J connectivity index is 1.86. The van der Waals surface area contributed by atoms with Crippen molar-refractivity contribution >= 4 is 16.1 Å². The fourth-order valence-electron chi connectivity index (χ4n) is 3.16. The number of hydrogen-bond acceptors (Lipinski definition) is 5. The molecule has 2 fully saturated rings. The second kappa shape index (κ2) is 7.28. The molecule has 2 aliphatic heterocycles. The minimum Gasteiger partial charge on any atom is -0.497 e. The molecule has 138 valence electrons. The van der Waals surface area contributed by atoms with E-state index in [1.165, 1.54) is 7.05 Å². The molecule has 2 saturated heterocycles. The van der Waals surface area contributed by atoms with Gasteiger partial charge in [0.05, 0.1) is 26.4 Å². The molecule has 2 atom stereocenters. The Morgan fingerprint density at radius 2 is 2.04 bits per heavy atom. The van der Waals surface area contributed by atoms with Crippen molar-refractivity contribution in [2.75, 3.05) is 40.5 Å². The number of benzene rings is 1. The molecule has 8 nitrogen and oxygen atoms in total. The molecule has 9 heteroatoms. The van der Waals surface area contributed by atoms with Crippen LogP contribution in [0.3, 0.4) is 0 Å². The molecule has 0 radical (unpaired) electrons. The molecular weight excluding hydrogens is 346 g/mol. The minimum atomic E-state index is -3.75. The van der Waals surface area contributed by atoms with Gasteiger partial charge in [-0.3, -0.25) is 4.79 Å². The second-order valence-corrected chi connectivity index (χ2v) is 7.92. The topological polar surface area (TPSA) is 88.2 Å². The highest BCUT2D eigenvalue weighted by molar-refractivity contribution is 7.87. The van der Waals surface area contributed by atoms with Crippen LogP contribution in [0.25, 0.3) is 0 Å². The Morgan fingerprint density at radius 1 is 1.32 bits per heavy atom. The summed E-state index contributed by atoms with van der Waals surface area (Å²) in [6, 6.07) is 6.00. The number of ether oxygens (including phenoxy) is 2. The van der Waals surface area contributed by atoms with Crippen molar-refractivity contribution in [3.8, 4) is 5.75 Å². The third kappa shape index (κ3) is 3.79. The normalized spacial score (nSPS) is 27.0. The maximum absolute atomic E-state index is 12.9. The lowest BCUT2D eigenvalue weighted by atomic mass is 9.98. The highest BCUT2D eigenvalue weighted by Crippen LogP contribution is 2.30. The summed E-state index contributed by atoms with van der Waals surface area (Å²) in [5.41, 5.74) is 0.774. The number of likely N-dealkylation sites (N-methyl/N-ethyl adjacent to an activating group) is 1. The fourth-order valence-corrected chi connectivity index (χ4v) is 4.43. The van der Waals surface area contributed by atoms with E-state index in [9.17, 15) is 13.2 Å². The largest absolute Gasteiger partial charge is 0.497 e. The van der Waals surface area contributed by atoms with E-state index >= 15 is 0 Å². The molecule has 0 bridgehead atoms. The quantitative estimate of drug-likeness (QED) is 0.818. The standard InChI is InChI=1S/C16H23N3O5S/c1-18-15(16(20)19-6-8-24-9-7-19)11-14(17-25(18,21)22)12-4-3-5-13(10-12)23-2/h3-5,10,14-15,17H,6-9,11H2,1-2H3. The highest BCUT2D eigenvalue weighted by atomic mass is 32.2. The van der Waals surface area contributed by atoms with Crippen molar-refractivity contribution in [2.24, 2.45) is 0 Å².